The Kier molecular flexibility index (Phi) is 4.23. The standard InChI is InChI=1S/C13H18N4O5/c18-4-3-15-12-9-7(1-2-14-12)17(6-16-9)13-11(21)10(20)8(5-19)22-13/h1-2,6,8,10-11,13,18-21H,3-5H2,(H,14,15)/t8-,10-,11-,13?/m1/s1. The lowest BCUT2D eigenvalue weighted by molar-refractivity contribution is -0.0508. The van der Waals surface area contributed by atoms with Gasteiger partial charge in [-0.05, 0) is 6.07 Å². The maximum Gasteiger partial charge on any atom is 0.164 e. The molecule has 9 heteroatoms. The maximum atomic E-state index is 10.1. The summed E-state index contributed by atoms with van der Waals surface area (Å²) in [5.74, 6) is 0.511. The topological polar surface area (TPSA) is 133 Å². The van der Waals surface area contributed by atoms with Gasteiger partial charge in [0.2, 0.25) is 0 Å². The maximum absolute atomic E-state index is 10.1. The van der Waals surface area contributed by atoms with Gasteiger partial charge in [-0.2, -0.15) is 0 Å². The minimum atomic E-state index is -1.17. The van der Waals surface area contributed by atoms with E-state index < -0.39 is 24.5 Å². The van der Waals surface area contributed by atoms with Crippen molar-refractivity contribution < 1.29 is 25.2 Å². The number of ether oxygens (including phenoxy) is 1. The first-order chi connectivity index (χ1) is 10.7. The Bertz CT molecular complexity index is 648. The molecule has 3 rings (SSSR count). The summed E-state index contributed by atoms with van der Waals surface area (Å²) in [6, 6.07) is 1.71. The fourth-order valence-corrected chi connectivity index (χ4v) is 2.58. The Hall–Kier alpha value is -1.78. The summed E-state index contributed by atoms with van der Waals surface area (Å²) in [4.78, 5) is 8.41. The Morgan fingerprint density at radius 3 is 2.73 bits per heavy atom. The zero-order valence-corrected chi connectivity index (χ0v) is 11.7. The van der Waals surface area contributed by atoms with E-state index in [0.717, 1.165) is 0 Å². The van der Waals surface area contributed by atoms with E-state index in [-0.39, 0.29) is 13.2 Å². The summed E-state index contributed by atoms with van der Waals surface area (Å²) >= 11 is 0. The lowest BCUT2D eigenvalue weighted by Gasteiger charge is -2.17. The lowest BCUT2D eigenvalue weighted by atomic mass is 10.1. The predicted molar refractivity (Wildman–Crippen MR) is 76.1 cm³/mol. The second-order valence-corrected chi connectivity index (χ2v) is 5.06. The van der Waals surface area contributed by atoms with Crippen molar-refractivity contribution >= 4 is 16.9 Å². The Morgan fingerprint density at radius 2 is 2.05 bits per heavy atom. The first-order valence-electron chi connectivity index (χ1n) is 6.96. The van der Waals surface area contributed by atoms with Gasteiger partial charge >= 0.3 is 0 Å². The fourth-order valence-electron chi connectivity index (χ4n) is 2.58. The highest BCUT2D eigenvalue weighted by molar-refractivity contribution is 5.85. The fraction of sp³-hybridized carbons (Fsp3) is 0.538. The first-order valence-corrected chi connectivity index (χ1v) is 6.96. The van der Waals surface area contributed by atoms with Gasteiger partial charge in [0.15, 0.2) is 12.0 Å². The monoisotopic (exact) mass is 310 g/mol. The average molecular weight is 310 g/mol. The van der Waals surface area contributed by atoms with E-state index in [1.165, 1.54) is 6.33 Å². The highest BCUT2D eigenvalue weighted by Crippen LogP contribution is 2.32. The van der Waals surface area contributed by atoms with Crippen LogP contribution in [0.1, 0.15) is 6.23 Å². The van der Waals surface area contributed by atoms with Crippen LogP contribution in [0.25, 0.3) is 11.0 Å². The molecule has 2 aromatic rings. The number of anilines is 1. The first kappa shape index (κ1) is 15.1. The van der Waals surface area contributed by atoms with Gasteiger partial charge in [-0.3, -0.25) is 0 Å². The molecule has 9 nitrogen and oxygen atoms in total. The minimum absolute atomic E-state index is 0.0341. The number of rotatable bonds is 5. The van der Waals surface area contributed by atoms with E-state index in [1.807, 2.05) is 0 Å². The van der Waals surface area contributed by atoms with Crippen LogP contribution in [0.15, 0.2) is 18.6 Å². The summed E-state index contributed by atoms with van der Waals surface area (Å²) in [5.41, 5.74) is 1.22. The summed E-state index contributed by atoms with van der Waals surface area (Å²) in [6.45, 7) is -0.0767. The Morgan fingerprint density at radius 1 is 1.23 bits per heavy atom. The van der Waals surface area contributed by atoms with Gasteiger partial charge in [0.05, 0.1) is 25.1 Å². The number of imidazole rings is 1. The zero-order chi connectivity index (χ0) is 15.7. The van der Waals surface area contributed by atoms with Crippen LogP contribution in [0.4, 0.5) is 5.82 Å². The number of aliphatic hydroxyl groups excluding tert-OH is 4. The van der Waals surface area contributed by atoms with Gasteiger partial charge in [-0.1, -0.05) is 0 Å². The third-order valence-electron chi connectivity index (χ3n) is 3.69. The van der Waals surface area contributed by atoms with E-state index in [4.69, 9.17) is 14.9 Å². The summed E-state index contributed by atoms with van der Waals surface area (Å²) in [7, 11) is 0. The number of hydrogen-bond donors (Lipinski definition) is 5. The molecule has 120 valence electrons. The molecular formula is C13H18N4O5. The third-order valence-corrected chi connectivity index (χ3v) is 3.69. The molecule has 1 fully saturated rings. The summed E-state index contributed by atoms with van der Waals surface area (Å²) < 4.78 is 7.09. The number of hydrogen-bond acceptors (Lipinski definition) is 8. The van der Waals surface area contributed by atoms with E-state index in [9.17, 15) is 10.2 Å². The molecule has 0 bridgehead atoms. The van der Waals surface area contributed by atoms with E-state index in [2.05, 4.69) is 15.3 Å². The number of nitrogens with zero attached hydrogens (tertiary/aromatic N) is 3. The molecule has 0 spiro atoms. The van der Waals surface area contributed by atoms with Gasteiger partial charge < -0.3 is 35.0 Å². The largest absolute Gasteiger partial charge is 0.395 e. The average Bonchev–Trinajstić information content (AvgIpc) is 3.08. The van der Waals surface area contributed by atoms with Crippen LogP contribution in [0.2, 0.25) is 0 Å². The van der Waals surface area contributed by atoms with Crippen LogP contribution < -0.4 is 5.32 Å². The van der Waals surface area contributed by atoms with Crippen LogP contribution in [-0.4, -0.2) is 73.0 Å². The molecule has 0 aliphatic carbocycles. The number of aromatic nitrogens is 3. The van der Waals surface area contributed by atoms with Gasteiger partial charge in [-0.15, -0.1) is 0 Å². The van der Waals surface area contributed by atoms with Gasteiger partial charge in [0.1, 0.15) is 23.8 Å². The van der Waals surface area contributed by atoms with Crippen LogP contribution in [0.3, 0.4) is 0 Å². The Labute approximate surface area is 125 Å². The quantitative estimate of drug-likeness (QED) is 0.448. The van der Waals surface area contributed by atoms with E-state index >= 15 is 0 Å². The number of aliphatic hydroxyl groups is 4. The van der Waals surface area contributed by atoms with Crippen molar-refractivity contribution in [2.75, 3.05) is 25.1 Å². The molecule has 22 heavy (non-hydrogen) atoms. The molecule has 2 aromatic heterocycles. The second kappa shape index (κ2) is 6.15. The molecule has 4 atom stereocenters. The molecular weight excluding hydrogens is 292 g/mol. The van der Waals surface area contributed by atoms with Crippen LogP contribution >= 0.6 is 0 Å². The molecule has 5 N–H and O–H groups in total. The van der Waals surface area contributed by atoms with Crippen molar-refractivity contribution in [3.8, 4) is 0 Å². The molecule has 0 aromatic carbocycles. The smallest absolute Gasteiger partial charge is 0.164 e. The van der Waals surface area contributed by atoms with Crippen LogP contribution in [0, 0.1) is 0 Å². The minimum Gasteiger partial charge on any atom is -0.395 e. The van der Waals surface area contributed by atoms with Crippen molar-refractivity contribution in [1.82, 2.24) is 14.5 Å². The summed E-state index contributed by atoms with van der Waals surface area (Å²) in [6.07, 6.45) is -0.965. The molecule has 0 saturated carbocycles. The third kappa shape index (κ3) is 2.42. The van der Waals surface area contributed by atoms with Crippen molar-refractivity contribution in [2.24, 2.45) is 0 Å². The van der Waals surface area contributed by atoms with E-state index in [0.29, 0.717) is 23.4 Å². The molecule has 0 amide bonds. The molecule has 3 heterocycles. The molecule has 1 aliphatic heterocycles. The van der Waals surface area contributed by atoms with E-state index in [1.54, 1.807) is 16.8 Å². The summed E-state index contributed by atoms with van der Waals surface area (Å²) in [5, 5.41) is 40.9. The van der Waals surface area contributed by atoms with Gasteiger partial charge in [0.25, 0.3) is 0 Å². The van der Waals surface area contributed by atoms with Crippen molar-refractivity contribution in [3.63, 3.8) is 0 Å². The normalized spacial score (nSPS) is 28.4. The molecule has 1 aliphatic rings. The van der Waals surface area contributed by atoms with Crippen molar-refractivity contribution in [3.05, 3.63) is 18.6 Å². The lowest BCUT2D eigenvalue weighted by Crippen LogP contribution is -2.33. The Balaban J connectivity index is 1.95. The highest BCUT2D eigenvalue weighted by Gasteiger charge is 2.43. The number of fused-ring (bicyclic) bond motifs is 1. The predicted octanol–water partition coefficient (Wildman–Crippen LogP) is -1.55. The number of nitrogens with one attached hydrogen (secondary N) is 1. The SMILES string of the molecule is OCCNc1nccc2c1ncn2C1O[C@H](CO)[C@@H](O)[C@H]1O. The molecule has 1 unspecified atom stereocenters. The van der Waals surface area contributed by atoms with Crippen molar-refractivity contribution in [1.29, 1.82) is 0 Å². The second-order valence-electron chi connectivity index (χ2n) is 5.06. The molecule has 0 radical (unpaired) electrons. The van der Waals surface area contributed by atoms with Crippen molar-refractivity contribution in [2.45, 2.75) is 24.5 Å². The van der Waals surface area contributed by atoms with Gasteiger partial charge in [-0.25, -0.2) is 9.97 Å². The highest BCUT2D eigenvalue weighted by atomic mass is 16.6. The zero-order valence-electron chi connectivity index (χ0n) is 11.7. The van der Waals surface area contributed by atoms with Crippen LogP contribution in [0.5, 0.6) is 0 Å². The van der Waals surface area contributed by atoms with Crippen LogP contribution in [-0.2, 0) is 4.74 Å². The number of pyridine rings is 1. The molecule has 1 saturated heterocycles. The van der Waals surface area contributed by atoms with Gasteiger partial charge in [0, 0.05) is 12.7 Å².